The Morgan fingerprint density at radius 3 is 2.35 bits per heavy atom. The normalized spacial score (nSPS) is 11.5. The summed E-state index contributed by atoms with van der Waals surface area (Å²) in [5, 5.41) is 17.7. The summed E-state index contributed by atoms with van der Waals surface area (Å²) in [5.41, 5.74) is 0.423. The highest BCUT2D eigenvalue weighted by Gasteiger charge is 2.20. The SMILES string of the molecule is COc1ccc(-n2cc(C(C)(C)O)nn2)cc1. The van der Waals surface area contributed by atoms with Crippen molar-refractivity contribution >= 4 is 0 Å². The van der Waals surface area contributed by atoms with E-state index in [1.165, 1.54) is 0 Å². The molecule has 0 saturated carbocycles. The molecule has 0 radical (unpaired) electrons. The maximum atomic E-state index is 9.80. The molecule has 0 aliphatic heterocycles. The van der Waals surface area contributed by atoms with E-state index in [0.717, 1.165) is 11.4 Å². The van der Waals surface area contributed by atoms with Crippen molar-refractivity contribution in [3.63, 3.8) is 0 Å². The zero-order valence-electron chi connectivity index (χ0n) is 10.1. The summed E-state index contributed by atoms with van der Waals surface area (Å²) in [6.45, 7) is 3.35. The Bertz CT molecular complexity index is 497. The third-order valence-electron chi connectivity index (χ3n) is 2.46. The van der Waals surface area contributed by atoms with Crippen molar-refractivity contribution in [1.29, 1.82) is 0 Å². The first kappa shape index (κ1) is 11.6. The Hall–Kier alpha value is -1.88. The van der Waals surface area contributed by atoms with E-state index in [-0.39, 0.29) is 0 Å². The molecular weight excluding hydrogens is 218 g/mol. The summed E-state index contributed by atoms with van der Waals surface area (Å²) in [4.78, 5) is 0. The second-order valence-electron chi connectivity index (χ2n) is 4.31. The van der Waals surface area contributed by atoms with Crippen molar-refractivity contribution in [3.8, 4) is 11.4 Å². The third kappa shape index (κ3) is 2.45. The molecule has 0 fully saturated rings. The van der Waals surface area contributed by atoms with E-state index in [4.69, 9.17) is 4.74 Å². The maximum absolute atomic E-state index is 9.80. The molecule has 17 heavy (non-hydrogen) atoms. The maximum Gasteiger partial charge on any atom is 0.119 e. The molecule has 0 aliphatic rings. The number of benzene rings is 1. The van der Waals surface area contributed by atoms with E-state index in [1.54, 1.807) is 31.8 Å². The number of methoxy groups -OCH3 is 1. The smallest absolute Gasteiger partial charge is 0.119 e. The van der Waals surface area contributed by atoms with Crippen molar-refractivity contribution in [3.05, 3.63) is 36.2 Å². The lowest BCUT2D eigenvalue weighted by molar-refractivity contribution is 0.0737. The van der Waals surface area contributed by atoms with Crippen molar-refractivity contribution in [1.82, 2.24) is 15.0 Å². The minimum absolute atomic E-state index is 0.535. The Balaban J connectivity index is 2.30. The summed E-state index contributed by atoms with van der Waals surface area (Å²) in [5.74, 6) is 0.788. The lowest BCUT2D eigenvalue weighted by Gasteiger charge is -2.11. The molecule has 0 aliphatic carbocycles. The average molecular weight is 233 g/mol. The minimum atomic E-state index is -0.981. The Morgan fingerprint density at radius 2 is 1.88 bits per heavy atom. The molecule has 0 atom stereocenters. The number of ether oxygens (including phenoxy) is 1. The van der Waals surface area contributed by atoms with Gasteiger partial charge in [0.15, 0.2) is 0 Å². The standard InChI is InChI=1S/C12H15N3O2/c1-12(2,16)11-8-15(14-13-11)9-4-6-10(17-3)7-5-9/h4-8,16H,1-3H3. The van der Waals surface area contributed by atoms with Crippen LogP contribution in [-0.4, -0.2) is 27.2 Å². The summed E-state index contributed by atoms with van der Waals surface area (Å²) >= 11 is 0. The first-order valence-corrected chi connectivity index (χ1v) is 5.30. The average Bonchev–Trinajstić information content (AvgIpc) is 2.78. The third-order valence-corrected chi connectivity index (χ3v) is 2.46. The van der Waals surface area contributed by atoms with Crippen molar-refractivity contribution in [2.24, 2.45) is 0 Å². The van der Waals surface area contributed by atoms with E-state index >= 15 is 0 Å². The van der Waals surface area contributed by atoms with Crippen LogP contribution >= 0.6 is 0 Å². The highest BCUT2D eigenvalue weighted by atomic mass is 16.5. The van der Waals surface area contributed by atoms with Gasteiger partial charge in [-0.1, -0.05) is 5.21 Å². The van der Waals surface area contributed by atoms with Gasteiger partial charge in [0.25, 0.3) is 0 Å². The van der Waals surface area contributed by atoms with Crippen molar-refractivity contribution in [2.45, 2.75) is 19.4 Å². The second kappa shape index (κ2) is 4.18. The Morgan fingerprint density at radius 1 is 1.24 bits per heavy atom. The monoisotopic (exact) mass is 233 g/mol. The first-order valence-electron chi connectivity index (χ1n) is 5.30. The predicted octanol–water partition coefficient (Wildman–Crippen LogP) is 1.50. The lowest BCUT2D eigenvalue weighted by Crippen LogP contribution is -2.15. The quantitative estimate of drug-likeness (QED) is 0.872. The highest BCUT2D eigenvalue weighted by Crippen LogP contribution is 2.19. The molecule has 0 spiro atoms. The molecule has 5 heteroatoms. The predicted molar refractivity (Wildman–Crippen MR) is 63.2 cm³/mol. The molecular formula is C12H15N3O2. The topological polar surface area (TPSA) is 60.2 Å². The molecule has 0 unspecified atom stereocenters. The van der Waals surface area contributed by atoms with Gasteiger partial charge in [0.2, 0.25) is 0 Å². The Kier molecular flexibility index (Phi) is 2.85. The molecule has 0 saturated heterocycles. The van der Waals surface area contributed by atoms with Gasteiger partial charge in [0.05, 0.1) is 19.0 Å². The van der Waals surface area contributed by atoms with Crippen LogP contribution in [0.3, 0.4) is 0 Å². The van der Waals surface area contributed by atoms with E-state index in [1.807, 2.05) is 24.3 Å². The molecule has 0 bridgehead atoms. The van der Waals surface area contributed by atoms with Crippen LogP contribution in [0.1, 0.15) is 19.5 Å². The van der Waals surface area contributed by atoms with Gasteiger partial charge in [0.1, 0.15) is 17.0 Å². The van der Waals surface area contributed by atoms with Crippen LogP contribution in [0.2, 0.25) is 0 Å². The molecule has 5 nitrogen and oxygen atoms in total. The second-order valence-corrected chi connectivity index (χ2v) is 4.31. The fourth-order valence-electron chi connectivity index (χ4n) is 1.41. The van der Waals surface area contributed by atoms with Crippen molar-refractivity contribution in [2.75, 3.05) is 7.11 Å². The molecule has 1 N–H and O–H groups in total. The van der Waals surface area contributed by atoms with Crippen LogP contribution < -0.4 is 4.74 Å². The summed E-state index contributed by atoms with van der Waals surface area (Å²) in [7, 11) is 1.62. The lowest BCUT2D eigenvalue weighted by atomic mass is 10.1. The van der Waals surface area contributed by atoms with Crippen LogP contribution in [0.4, 0.5) is 0 Å². The van der Waals surface area contributed by atoms with Gasteiger partial charge in [-0.15, -0.1) is 5.10 Å². The van der Waals surface area contributed by atoms with Crippen LogP contribution in [0.5, 0.6) is 5.75 Å². The minimum Gasteiger partial charge on any atom is -0.497 e. The van der Waals surface area contributed by atoms with Crippen LogP contribution in [0, 0.1) is 0 Å². The van der Waals surface area contributed by atoms with Crippen molar-refractivity contribution < 1.29 is 9.84 Å². The van der Waals surface area contributed by atoms with Crippen LogP contribution in [-0.2, 0) is 5.60 Å². The zero-order valence-corrected chi connectivity index (χ0v) is 10.1. The number of nitrogens with zero attached hydrogens (tertiary/aromatic N) is 3. The van der Waals surface area contributed by atoms with E-state index < -0.39 is 5.60 Å². The van der Waals surface area contributed by atoms with E-state index in [2.05, 4.69) is 10.3 Å². The molecule has 0 amide bonds. The number of aromatic nitrogens is 3. The van der Waals surface area contributed by atoms with Crippen LogP contribution in [0.25, 0.3) is 5.69 Å². The summed E-state index contributed by atoms with van der Waals surface area (Å²) < 4.78 is 6.70. The fraction of sp³-hybridized carbons (Fsp3) is 0.333. The fourth-order valence-corrected chi connectivity index (χ4v) is 1.41. The first-order chi connectivity index (χ1) is 8.00. The van der Waals surface area contributed by atoms with Gasteiger partial charge in [-0.2, -0.15) is 0 Å². The van der Waals surface area contributed by atoms with Gasteiger partial charge < -0.3 is 9.84 Å². The van der Waals surface area contributed by atoms with Gasteiger partial charge in [-0.25, -0.2) is 4.68 Å². The molecule has 1 aromatic carbocycles. The van der Waals surface area contributed by atoms with E-state index in [0.29, 0.717) is 5.69 Å². The molecule has 2 aromatic rings. The van der Waals surface area contributed by atoms with Gasteiger partial charge in [-0.3, -0.25) is 0 Å². The van der Waals surface area contributed by atoms with Gasteiger partial charge >= 0.3 is 0 Å². The number of rotatable bonds is 3. The number of hydrogen-bond donors (Lipinski definition) is 1. The molecule has 1 heterocycles. The van der Waals surface area contributed by atoms with Crippen LogP contribution in [0.15, 0.2) is 30.5 Å². The number of aliphatic hydroxyl groups is 1. The summed E-state index contributed by atoms with van der Waals surface area (Å²) in [6, 6.07) is 7.45. The van der Waals surface area contributed by atoms with Gasteiger partial charge in [-0.05, 0) is 38.1 Å². The molecule has 1 aromatic heterocycles. The Labute approximate surface area is 99.7 Å². The zero-order chi connectivity index (χ0) is 12.5. The number of hydrogen-bond acceptors (Lipinski definition) is 4. The highest BCUT2D eigenvalue weighted by molar-refractivity contribution is 5.36. The molecule has 90 valence electrons. The van der Waals surface area contributed by atoms with E-state index in [9.17, 15) is 5.11 Å². The molecule has 2 rings (SSSR count). The summed E-state index contributed by atoms with van der Waals surface area (Å²) in [6.07, 6.45) is 1.71. The van der Waals surface area contributed by atoms with Gasteiger partial charge in [0, 0.05) is 0 Å². The largest absolute Gasteiger partial charge is 0.497 e.